The largest absolute Gasteiger partial charge is 0.494 e. The number of hydrogen-bond donors (Lipinski definition) is 0. The first-order valence-corrected chi connectivity index (χ1v) is 23.6. The molecule has 9 nitrogen and oxygen atoms in total. The van der Waals surface area contributed by atoms with Gasteiger partial charge in [-0.15, -0.1) is 0 Å². The number of carbonyl (C=O) groups is 1. The lowest BCUT2D eigenvalue weighted by molar-refractivity contribution is -0.384. The van der Waals surface area contributed by atoms with Gasteiger partial charge in [0.05, 0.1) is 48.5 Å². The molecule has 0 heterocycles. The molecule has 0 saturated heterocycles. The number of nitriles is 1. The van der Waals surface area contributed by atoms with Gasteiger partial charge in [0, 0.05) is 12.1 Å². The van der Waals surface area contributed by atoms with Crippen molar-refractivity contribution >= 4 is 11.7 Å². The van der Waals surface area contributed by atoms with Crippen molar-refractivity contribution in [1.82, 2.24) is 0 Å². The van der Waals surface area contributed by atoms with Gasteiger partial charge in [0.25, 0.3) is 5.69 Å². The molecule has 0 radical (unpaired) electrons. The first-order chi connectivity index (χ1) is 31.5. The fourth-order valence-corrected chi connectivity index (χ4v) is 7.57. The second kappa shape index (κ2) is 29.3. The van der Waals surface area contributed by atoms with Gasteiger partial charge in [-0.2, -0.15) is 5.26 Å². The van der Waals surface area contributed by atoms with Gasteiger partial charge in [-0.05, 0) is 109 Å². The molecule has 5 aromatic rings. The van der Waals surface area contributed by atoms with E-state index in [0.717, 1.165) is 91.9 Å². The summed E-state index contributed by atoms with van der Waals surface area (Å²) in [4.78, 5) is 23.0. The van der Waals surface area contributed by atoms with Crippen LogP contribution < -0.4 is 14.2 Å². The number of benzene rings is 5. The molecular formula is C55H66N2O7. The molecule has 0 saturated carbocycles. The van der Waals surface area contributed by atoms with E-state index in [9.17, 15) is 14.9 Å². The molecule has 9 heteroatoms. The fourth-order valence-electron chi connectivity index (χ4n) is 7.57. The average Bonchev–Trinajstić information content (AvgIpc) is 3.33. The Labute approximate surface area is 380 Å². The normalized spacial score (nSPS) is 10.9. The lowest BCUT2D eigenvalue weighted by Gasteiger charge is -2.09. The highest BCUT2D eigenvalue weighted by atomic mass is 16.6. The summed E-state index contributed by atoms with van der Waals surface area (Å²) in [6.07, 6.45) is 22.1. The van der Waals surface area contributed by atoms with Crippen LogP contribution in [0.1, 0.15) is 138 Å². The minimum Gasteiger partial charge on any atom is -0.494 e. The van der Waals surface area contributed by atoms with Gasteiger partial charge in [0.2, 0.25) is 0 Å². The zero-order valence-corrected chi connectivity index (χ0v) is 37.6. The molecule has 0 amide bonds. The Morgan fingerprint density at radius 2 is 0.719 bits per heavy atom. The van der Waals surface area contributed by atoms with E-state index in [0.29, 0.717) is 30.1 Å². The van der Waals surface area contributed by atoms with Crippen LogP contribution in [0.3, 0.4) is 0 Å². The van der Waals surface area contributed by atoms with Crippen molar-refractivity contribution in [1.29, 1.82) is 5.26 Å². The van der Waals surface area contributed by atoms with Gasteiger partial charge >= 0.3 is 5.97 Å². The molecule has 0 atom stereocenters. The number of nitrogens with zero attached hydrogens (tertiary/aromatic N) is 2. The molecule has 0 fully saturated rings. The van der Waals surface area contributed by atoms with Crippen LogP contribution in [-0.4, -0.2) is 37.3 Å². The van der Waals surface area contributed by atoms with Crippen molar-refractivity contribution in [2.24, 2.45) is 0 Å². The number of esters is 1. The van der Waals surface area contributed by atoms with E-state index in [1.165, 1.54) is 89.2 Å². The molecule has 0 unspecified atom stereocenters. The minimum absolute atomic E-state index is 0.0816. The zero-order valence-electron chi connectivity index (χ0n) is 37.6. The number of ether oxygens (including phenoxy) is 4. The molecule has 0 bridgehead atoms. The summed E-state index contributed by atoms with van der Waals surface area (Å²) in [5.41, 5.74) is 5.66. The molecule has 0 aliphatic carbocycles. The molecule has 64 heavy (non-hydrogen) atoms. The number of nitro benzene ring substituents is 1. The van der Waals surface area contributed by atoms with E-state index >= 15 is 0 Å². The van der Waals surface area contributed by atoms with Gasteiger partial charge in [-0.1, -0.05) is 145 Å². The molecular weight excluding hydrogens is 801 g/mol. The number of hydrogen-bond acceptors (Lipinski definition) is 8. The van der Waals surface area contributed by atoms with Crippen LogP contribution in [-0.2, 0) is 4.74 Å². The molecule has 0 N–H and O–H groups in total. The molecule has 0 aromatic heterocycles. The van der Waals surface area contributed by atoms with Crippen molar-refractivity contribution < 1.29 is 28.7 Å². The second-order valence-electron chi connectivity index (χ2n) is 16.5. The molecule has 0 spiro atoms. The zero-order chi connectivity index (χ0) is 44.9. The number of non-ortho nitro benzene ring substituents is 1. The lowest BCUT2D eigenvalue weighted by atomic mass is 10.0. The van der Waals surface area contributed by atoms with Crippen LogP contribution in [0.5, 0.6) is 17.2 Å². The van der Waals surface area contributed by atoms with E-state index < -0.39 is 4.92 Å². The summed E-state index contributed by atoms with van der Waals surface area (Å²) in [6.45, 7) is 2.55. The van der Waals surface area contributed by atoms with E-state index in [1.54, 1.807) is 12.1 Å². The maximum Gasteiger partial charge on any atom is 0.338 e. The second-order valence-corrected chi connectivity index (χ2v) is 16.5. The summed E-state index contributed by atoms with van der Waals surface area (Å²) in [6, 6.07) is 40.0. The third-order valence-electron chi connectivity index (χ3n) is 11.4. The summed E-state index contributed by atoms with van der Waals surface area (Å²) in [7, 11) is 0. The van der Waals surface area contributed by atoms with E-state index in [2.05, 4.69) is 30.3 Å². The molecule has 5 rings (SSSR count). The first-order valence-electron chi connectivity index (χ1n) is 23.6. The monoisotopic (exact) mass is 866 g/mol. The minimum atomic E-state index is -0.402. The van der Waals surface area contributed by atoms with Crippen LogP contribution in [0.4, 0.5) is 5.69 Å². The summed E-state index contributed by atoms with van der Waals surface area (Å²) >= 11 is 0. The van der Waals surface area contributed by atoms with Crippen molar-refractivity contribution in [3.63, 3.8) is 0 Å². The molecule has 5 aromatic carbocycles. The van der Waals surface area contributed by atoms with Crippen molar-refractivity contribution in [3.05, 3.63) is 143 Å². The Hall–Kier alpha value is -6.14. The fraction of sp³-hybridized carbons (Fsp3) is 0.418. The van der Waals surface area contributed by atoms with Crippen LogP contribution >= 0.6 is 0 Å². The predicted molar refractivity (Wildman–Crippen MR) is 256 cm³/mol. The van der Waals surface area contributed by atoms with E-state index in [1.807, 2.05) is 72.8 Å². The summed E-state index contributed by atoms with van der Waals surface area (Å²) in [5.74, 6) is 2.18. The van der Waals surface area contributed by atoms with Gasteiger partial charge in [-0.3, -0.25) is 10.1 Å². The highest BCUT2D eigenvalue weighted by Crippen LogP contribution is 2.25. The number of nitro groups is 1. The van der Waals surface area contributed by atoms with Gasteiger partial charge < -0.3 is 18.9 Å². The van der Waals surface area contributed by atoms with Gasteiger partial charge in [0.15, 0.2) is 0 Å². The van der Waals surface area contributed by atoms with Crippen LogP contribution in [0, 0.1) is 21.4 Å². The van der Waals surface area contributed by atoms with Gasteiger partial charge in [-0.25, -0.2) is 4.79 Å². The van der Waals surface area contributed by atoms with Gasteiger partial charge in [0.1, 0.15) is 17.2 Å². The third kappa shape index (κ3) is 18.7. The highest BCUT2D eigenvalue weighted by molar-refractivity contribution is 5.90. The topological polar surface area (TPSA) is 121 Å². The first kappa shape index (κ1) is 48.9. The van der Waals surface area contributed by atoms with E-state index in [4.69, 9.17) is 24.2 Å². The van der Waals surface area contributed by atoms with Crippen molar-refractivity contribution in [2.45, 2.75) is 122 Å². The molecule has 0 aliphatic rings. The SMILES string of the molecule is N#Cc1ccc(-c2ccc(OCCCCCCCCCCCOC(=O)c3ccc(-c4ccc(OCCCCCCCCCCCCOc5ccc([N+](=O)[O-])cc5)cc4)cc3)cc2)cc1. The predicted octanol–water partition coefficient (Wildman–Crippen LogP) is 14.9. The Morgan fingerprint density at radius 1 is 0.422 bits per heavy atom. The quantitative estimate of drug-likeness (QED) is 0.0181. The molecule has 338 valence electrons. The third-order valence-corrected chi connectivity index (χ3v) is 11.4. The maximum absolute atomic E-state index is 12.6. The van der Waals surface area contributed by atoms with Crippen molar-refractivity contribution in [3.8, 4) is 45.6 Å². The van der Waals surface area contributed by atoms with Crippen LogP contribution in [0.15, 0.2) is 121 Å². The standard InChI is InChI=1S/C55H66N2O7/c56-44-45-20-22-46(23-21-45)48-28-34-52(35-29-48)61-40-17-13-10-6-3-7-11-15-19-43-64-55(58)50-26-24-47(25-27-50)49-30-36-53(37-31-49)62-41-16-12-8-4-1-2-5-9-14-18-42-63-54-38-32-51(33-39-54)57(59)60/h20-39H,1-19,40-43H2. The summed E-state index contributed by atoms with van der Waals surface area (Å²) < 4.78 is 23.2. The average molecular weight is 867 g/mol. The number of rotatable bonds is 32. The van der Waals surface area contributed by atoms with Crippen LogP contribution in [0.2, 0.25) is 0 Å². The maximum atomic E-state index is 12.6. The Bertz CT molecular complexity index is 2090. The Balaban J connectivity index is 0.789. The van der Waals surface area contributed by atoms with E-state index in [-0.39, 0.29) is 11.7 Å². The Kier molecular flexibility index (Phi) is 22.4. The summed E-state index contributed by atoms with van der Waals surface area (Å²) in [5, 5.41) is 19.7. The smallest absolute Gasteiger partial charge is 0.338 e. The Morgan fingerprint density at radius 3 is 1.06 bits per heavy atom. The highest BCUT2D eigenvalue weighted by Gasteiger charge is 2.09. The number of carbonyl (C=O) groups excluding carboxylic acids is 1. The van der Waals surface area contributed by atoms with Crippen LogP contribution in [0.25, 0.3) is 22.3 Å². The lowest BCUT2D eigenvalue weighted by Crippen LogP contribution is -2.06. The molecule has 0 aliphatic heterocycles. The number of unbranched alkanes of at least 4 members (excludes halogenated alkanes) is 17. The van der Waals surface area contributed by atoms with Crippen molar-refractivity contribution in [2.75, 3.05) is 26.4 Å².